The van der Waals surface area contributed by atoms with Gasteiger partial charge in [0.15, 0.2) is 9.84 Å². The van der Waals surface area contributed by atoms with Gasteiger partial charge in [-0.2, -0.15) is 0 Å². The van der Waals surface area contributed by atoms with Gasteiger partial charge in [-0.05, 0) is 32.4 Å². The fourth-order valence-electron chi connectivity index (χ4n) is 3.01. The van der Waals surface area contributed by atoms with E-state index in [4.69, 9.17) is 0 Å². The van der Waals surface area contributed by atoms with Crippen LogP contribution in [0.1, 0.15) is 26.2 Å². The van der Waals surface area contributed by atoms with Gasteiger partial charge in [0, 0.05) is 18.6 Å². The van der Waals surface area contributed by atoms with E-state index in [1.165, 1.54) is 0 Å². The zero-order chi connectivity index (χ0) is 14.6. The predicted molar refractivity (Wildman–Crippen MR) is 78.3 cm³/mol. The summed E-state index contributed by atoms with van der Waals surface area (Å²) in [6.45, 7) is 5.24. The Morgan fingerprint density at radius 2 is 2.20 bits per heavy atom. The van der Waals surface area contributed by atoms with Gasteiger partial charge in [-0.15, -0.1) is 0 Å². The number of carbonyl (C=O) groups is 1. The molecule has 0 aliphatic carbocycles. The van der Waals surface area contributed by atoms with Crippen LogP contribution >= 0.6 is 0 Å². The molecule has 2 heterocycles. The highest BCUT2D eigenvalue weighted by molar-refractivity contribution is 7.91. The molecule has 20 heavy (non-hydrogen) atoms. The molecule has 0 bridgehead atoms. The number of likely N-dealkylation sites (N-methyl/N-ethyl adjacent to an activating group) is 1. The largest absolute Gasteiger partial charge is 0.351 e. The topological polar surface area (TPSA) is 78.5 Å². The molecule has 6 nitrogen and oxygen atoms in total. The molecule has 116 valence electrons. The second-order valence-electron chi connectivity index (χ2n) is 5.73. The summed E-state index contributed by atoms with van der Waals surface area (Å²) in [5, 5.41) is 6.21. The average molecular weight is 303 g/mol. The first-order chi connectivity index (χ1) is 9.50. The molecule has 2 N–H and O–H groups in total. The van der Waals surface area contributed by atoms with Crippen LogP contribution in [0.3, 0.4) is 0 Å². The fourth-order valence-corrected chi connectivity index (χ4v) is 4.68. The molecule has 1 amide bonds. The number of hydrogen-bond donors (Lipinski definition) is 2. The summed E-state index contributed by atoms with van der Waals surface area (Å²) < 4.78 is 22.8. The molecule has 2 saturated heterocycles. The van der Waals surface area contributed by atoms with E-state index in [2.05, 4.69) is 22.5 Å². The van der Waals surface area contributed by atoms with Gasteiger partial charge in [0.05, 0.1) is 18.1 Å². The Bertz CT molecular complexity index is 432. The van der Waals surface area contributed by atoms with Crippen LogP contribution in [0.5, 0.6) is 0 Å². The highest BCUT2D eigenvalue weighted by atomic mass is 32.2. The van der Waals surface area contributed by atoms with Crippen LogP contribution in [0.4, 0.5) is 0 Å². The molecule has 0 aromatic carbocycles. The Balaban J connectivity index is 1.80. The minimum atomic E-state index is -2.93. The molecule has 0 saturated carbocycles. The van der Waals surface area contributed by atoms with Crippen molar-refractivity contribution < 1.29 is 13.2 Å². The number of nitrogens with one attached hydrogen (secondary N) is 2. The lowest BCUT2D eigenvalue weighted by atomic mass is 10.1. The number of sulfone groups is 1. The summed E-state index contributed by atoms with van der Waals surface area (Å²) >= 11 is 0. The van der Waals surface area contributed by atoms with Gasteiger partial charge >= 0.3 is 0 Å². The predicted octanol–water partition coefficient (Wildman–Crippen LogP) is -0.636. The first kappa shape index (κ1) is 15.7. The smallest absolute Gasteiger partial charge is 0.234 e. The van der Waals surface area contributed by atoms with E-state index in [9.17, 15) is 13.2 Å². The first-order valence-corrected chi connectivity index (χ1v) is 9.27. The molecule has 0 aromatic rings. The quantitative estimate of drug-likeness (QED) is 0.707. The Morgan fingerprint density at radius 1 is 1.40 bits per heavy atom. The van der Waals surface area contributed by atoms with Crippen molar-refractivity contribution in [2.75, 3.05) is 37.7 Å². The summed E-state index contributed by atoms with van der Waals surface area (Å²) in [5.74, 6) is 0.234. The minimum Gasteiger partial charge on any atom is -0.351 e. The molecule has 7 heteroatoms. The Kier molecular flexibility index (Phi) is 5.40. The van der Waals surface area contributed by atoms with Crippen molar-refractivity contribution in [2.45, 2.75) is 38.3 Å². The maximum absolute atomic E-state index is 12.1. The van der Waals surface area contributed by atoms with Crippen LogP contribution < -0.4 is 10.6 Å². The summed E-state index contributed by atoms with van der Waals surface area (Å²) in [7, 11) is -2.93. The number of piperidine rings is 1. The van der Waals surface area contributed by atoms with Gasteiger partial charge in [0.2, 0.25) is 5.91 Å². The van der Waals surface area contributed by atoms with Gasteiger partial charge < -0.3 is 10.6 Å². The molecule has 2 aliphatic rings. The molecule has 0 spiro atoms. The van der Waals surface area contributed by atoms with Gasteiger partial charge in [-0.25, -0.2) is 8.42 Å². The minimum absolute atomic E-state index is 0.0560. The van der Waals surface area contributed by atoms with Crippen molar-refractivity contribution in [1.29, 1.82) is 0 Å². The molecule has 2 rings (SSSR count). The maximum Gasteiger partial charge on any atom is 0.234 e. The molecular weight excluding hydrogens is 278 g/mol. The number of hydrogen-bond acceptors (Lipinski definition) is 5. The standard InChI is InChI=1S/C13H25N3O3S/c1-2-16(12-4-3-6-14-8-12)9-13(17)15-11-5-7-20(18,19)10-11/h11-12,14H,2-10H2,1H3,(H,15,17). The van der Waals surface area contributed by atoms with Crippen molar-refractivity contribution in [3.05, 3.63) is 0 Å². The highest BCUT2D eigenvalue weighted by Crippen LogP contribution is 2.12. The molecule has 2 fully saturated rings. The molecule has 2 atom stereocenters. The second kappa shape index (κ2) is 6.87. The fraction of sp³-hybridized carbons (Fsp3) is 0.923. The van der Waals surface area contributed by atoms with E-state index < -0.39 is 9.84 Å². The lowest BCUT2D eigenvalue weighted by Gasteiger charge is -2.33. The SMILES string of the molecule is CCN(CC(=O)NC1CCS(=O)(=O)C1)C1CCCNC1. The van der Waals surface area contributed by atoms with Crippen molar-refractivity contribution >= 4 is 15.7 Å². The Morgan fingerprint density at radius 3 is 2.75 bits per heavy atom. The van der Waals surface area contributed by atoms with Crippen LogP contribution in [0.25, 0.3) is 0 Å². The van der Waals surface area contributed by atoms with Crippen LogP contribution in [0.2, 0.25) is 0 Å². The lowest BCUT2D eigenvalue weighted by Crippen LogP contribution is -2.50. The van der Waals surface area contributed by atoms with Crippen molar-refractivity contribution in [3.63, 3.8) is 0 Å². The number of rotatable bonds is 5. The molecule has 0 aromatic heterocycles. The summed E-state index contributed by atoms with van der Waals surface area (Å²) in [4.78, 5) is 14.2. The molecule has 0 radical (unpaired) electrons. The molecule has 2 aliphatic heterocycles. The lowest BCUT2D eigenvalue weighted by molar-refractivity contribution is -0.123. The number of amides is 1. The third kappa shape index (κ3) is 4.43. The summed E-state index contributed by atoms with van der Waals surface area (Å²) in [5.41, 5.74) is 0. The van der Waals surface area contributed by atoms with Crippen LogP contribution in [-0.2, 0) is 14.6 Å². The van der Waals surface area contributed by atoms with E-state index in [1.807, 2.05) is 0 Å². The van der Waals surface area contributed by atoms with Gasteiger partial charge in [0.25, 0.3) is 0 Å². The molecule has 2 unspecified atom stereocenters. The third-order valence-corrected chi connectivity index (χ3v) is 5.91. The van der Waals surface area contributed by atoms with Crippen LogP contribution in [-0.4, -0.2) is 69.0 Å². The van der Waals surface area contributed by atoms with Crippen molar-refractivity contribution in [3.8, 4) is 0 Å². The van der Waals surface area contributed by atoms with E-state index in [-0.39, 0.29) is 23.5 Å². The average Bonchev–Trinajstić information content (AvgIpc) is 2.76. The van der Waals surface area contributed by atoms with Crippen LogP contribution in [0, 0.1) is 0 Å². The zero-order valence-electron chi connectivity index (χ0n) is 12.1. The number of carbonyl (C=O) groups excluding carboxylic acids is 1. The van der Waals surface area contributed by atoms with E-state index in [1.54, 1.807) is 0 Å². The first-order valence-electron chi connectivity index (χ1n) is 7.44. The van der Waals surface area contributed by atoms with Crippen LogP contribution in [0.15, 0.2) is 0 Å². The van der Waals surface area contributed by atoms with E-state index in [0.717, 1.165) is 32.5 Å². The van der Waals surface area contributed by atoms with Gasteiger partial charge in [-0.3, -0.25) is 9.69 Å². The van der Waals surface area contributed by atoms with E-state index >= 15 is 0 Å². The number of nitrogens with zero attached hydrogens (tertiary/aromatic N) is 1. The highest BCUT2D eigenvalue weighted by Gasteiger charge is 2.29. The maximum atomic E-state index is 12.1. The normalized spacial score (nSPS) is 29.5. The molecular formula is C13H25N3O3S. The summed E-state index contributed by atoms with van der Waals surface area (Å²) in [6.07, 6.45) is 2.81. The second-order valence-corrected chi connectivity index (χ2v) is 7.96. The summed E-state index contributed by atoms with van der Waals surface area (Å²) in [6, 6.07) is 0.211. The monoisotopic (exact) mass is 303 g/mol. The van der Waals surface area contributed by atoms with Gasteiger partial charge in [0.1, 0.15) is 0 Å². The van der Waals surface area contributed by atoms with Crippen molar-refractivity contribution in [1.82, 2.24) is 15.5 Å². The van der Waals surface area contributed by atoms with E-state index in [0.29, 0.717) is 19.0 Å². The van der Waals surface area contributed by atoms with Crippen molar-refractivity contribution in [2.24, 2.45) is 0 Å². The Hall–Kier alpha value is -0.660. The van der Waals surface area contributed by atoms with Gasteiger partial charge in [-0.1, -0.05) is 6.92 Å². The Labute approximate surface area is 121 Å². The third-order valence-electron chi connectivity index (χ3n) is 4.14. The zero-order valence-corrected chi connectivity index (χ0v) is 12.9.